The summed E-state index contributed by atoms with van der Waals surface area (Å²) in [6.07, 6.45) is 10.9. The van der Waals surface area contributed by atoms with Gasteiger partial charge < -0.3 is 18.9 Å². The van der Waals surface area contributed by atoms with E-state index in [9.17, 15) is 4.79 Å². The van der Waals surface area contributed by atoms with Crippen LogP contribution in [0, 0.1) is 34.5 Å². The van der Waals surface area contributed by atoms with Crippen molar-refractivity contribution in [2.24, 2.45) is 34.5 Å². The highest BCUT2D eigenvalue weighted by atomic mass is 16.8. The maximum absolute atomic E-state index is 12.8. The second-order valence-electron chi connectivity index (χ2n) is 9.43. The maximum Gasteiger partial charge on any atom is 0.342 e. The molecule has 3 heterocycles. The lowest BCUT2D eigenvalue weighted by atomic mass is 9.41. The summed E-state index contributed by atoms with van der Waals surface area (Å²) in [7, 11) is 1.44. The Bertz CT molecular complexity index is 745. The smallest absolute Gasteiger partial charge is 0.342 e. The van der Waals surface area contributed by atoms with Gasteiger partial charge in [0.2, 0.25) is 0 Å². The number of methoxy groups -OCH3 is 1. The van der Waals surface area contributed by atoms with Gasteiger partial charge in [-0.3, -0.25) is 0 Å². The molecular formula is C21H26O5. The Balaban J connectivity index is 1.56. The van der Waals surface area contributed by atoms with E-state index < -0.39 is 5.60 Å². The lowest BCUT2D eigenvalue weighted by Gasteiger charge is -2.63. The molecule has 0 unspecified atom stereocenters. The van der Waals surface area contributed by atoms with E-state index >= 15 is 0 Å². The molecule has 6 aliphatic rings. The summed E-state index contributed by atoms with van der Waals surface area (Å²) in [6, 6.07) is 0. The van der Waals surface area contributed by atoms with E-state index in [1.54, 1.807) is 0 Å². The van der Waals surface area contributed by atoms with Gasteiger partial charge in [0.25, 0.3) is 0 Å². The molecule has 5 nitrogen and oxygen atoms in total. The maximum atomic E-state index is 12.8. The van der Waals surface area contributed by atoms with Gasteiger partial charge in [0.05, 0.1) is 19.8 Å². The fraction of sp³-hybridized carbons (Fsp3) is 0.762. The molecule has 5 heteroatoms. The SMILES string of the molecule is COC(=O)[C@@]12C=C[C@@H]3[C@@]4(C)CC=C[C@@H](C)[C@@H]4C[C@H]4O[C@@H]5O[C@@H]5[C@@H]1[C@@]34CO2. The number of ether oxygens (including phenoxy) is 4. The van der Waals surface area contributed by atoms with Gasteiger partial charge in [-0.1, -0.05) is 32.1 Å². The van der Waals surface area contributed by atoms with Crippen LogP contribution >= 0.6 is 0 Å². The summed E-state index contributed by atoms with van der Waals surface area (Å²) in [5.41, 5.74) is -1.05. The molecule has 2 bridgehead atoms. The van der Waals surface area contributed by atoms with E-state index in [0.717, 1.165) is 12.8 Å². The van der Waals surface area contributed by atoms with Gasteiger partial charge in [-0.15, -0.1) is 0 Å². The lowest BCUT2D eigenvalue weighted by Crippen LogP contribution is -2.67. The number of fused-ring (bicyclic) bond motifs is 3. The first kappa shape index (κ1) is 15.8. The lowest BCUT2D eigenvalue weighted by molar-refractivity contribution is -0.206. The fourth-order valence-electron chi connectivity index (χ4n) is 7.48. The molecule has 140 valence electrons. The number of esters is 1. The van der Waals surface area contributed by atoms with E-state index in [1.165, 1.54) is 7.11 Å². The molecular weight excluding hydrogens is 332 g/mol. The minimum Gasteiger partial charge on any atom is -0.467 e. The Morgan fingerprint density at radius 1 is 1.27 bits per heavy atom. The number of rotatable bonds is 1. The third-order valence-corrected chi connectivity index (χ3v) is 8.59. The van der Waals surface area contributed by atoms with Crippen molar-refractivity contribution >= 4 is 5.97 Å². The summed E-state index contributed by atoms with van der Waals surface area (Å²) in [6.45, 7) is 5.30. The van der Waals surface area contributed by atoms with Gasteiger partial charge in [-0.25, -0.2) is 4.79 Å². The van der Waals surface area contributed by atoms with Crippen LogP contribution in [-0.2, 0) is 23.7 Å². The molecule has 0 N–H and O–H groups in total. The molecule has 0 radical (unpaired) electrons. The largest absolute Gasteiger partial charge is 0.467 e. The molecule has 10 atom stereocenters. The zero-order chi connectivity index (χ0) is 17.9. The van der Waals surface area contributed by atoms with Crippen LogP contribution in [0.25, 0.3) is 0 Å². The van der Waals surface area contributed by atoms with Gasteiger partial charge in [0, 0.05) is 11.3 Å². The Kier molecular flexibility index (Phi) is 2.82. The normalized spacial score (nSPS) is 60.7. The van der Waals surface area contributed by atoms with Gasteiger partial charge in [-0.05, 0) is 42.1 Å². The van der Waals surface area contributed by atoms with Crippen molar-refractivity contribution < 1.29 is 23.7 Å². The van der Waals surface area contributed by atoms with Gasteiger partial charge >= 0.3 is 5.97 Å². The number of hydrogen-bond acceptors (Lipinski definition) is 5. The first-order valence-corrected chi connectivity index (χ1v) is 9.87. The molecule has 6 rings (SSSR count). The fourth-order valence-corrected chi connectivity index (χ4v) is 7.48. The van der Waals surface area contributed by atoms with Crippen molar-refractivity contribution in [1.82, 2.24) is 0 Å². The number of carbonyl (C=O) groups excluding carboxylic acids is 1. The zero-order valence-electron chi connectivity index (χ0n) is 15.5. The number of hydrogen-bond donors (Lipinski definition) is 0. The van der Waals surface area contributed by atoms with Crippen LogP contribution in [0.2, 0.25) is 0 Å². The monoisotopic (exact) mass is 358 g/mol. The molecule has 3 aliphatic heterocycles. The van der Waals surface area contributed by atoms with Crippen LogP contribution in [0.5, 0.6) is 0 Å². The first-order chi connectivity index (χ1) is 12.5. The Hall–Kier alpha value is -1.17. The average molecular weight is 358 g/mol. The van der Waals surface area contributed by atoms with Crippen molar-refractivity contribution in [2.45, 2.75) is 50.8 Å². The van der Waals surface area contributed by atoms with Crippen molar-refractivity contribution in [2.75, 3.05) is 13.7 Å². The van der Waals surface area contributed by atoms with Crippen LogP contribution in [0.15, 0.2) is 24.3 Å². The molecule has 3 aliphatic carbocycles. The van der Waals surface area contributed by atoms with Gasteiger partial charge in [0.1, 0.15) is 6.10 Å². The van der Waals surface area contributed by atoms with Crippen LogP contribution in [0.1, 0.15) is 26.7 Å². The number of epoxide rings is 1. The van der Waals surface area contributed by atoms with Crippen LogP contribution in [-0.4, -0.2) is 43.8 Å². The van der Waals surface area contributed by atoms with Crippen molar-refractivity contribution in [3.05, 3.63) is 24.3 Å². The van der Waals surface area contributed by atoms with E-state index in [1.807, 2.05) is 6.08 Å². The van der Waals surface area contributed by atoms with E-state index in [-0.39, 0.29) is 41.2 Å². The third kappa shape index (κ3) is 1.51. The Morgan fingerprint density at radius 2 is 2.12 bits per heavy atom. The van der Waals surface area contributed by atoms with Gasteiger partial charge in [-0.2, -0.15) is 0 Å². The second kappa shape index (κ2) is 4.62. The molecule has 3 saturated heterocycles. The van der Waals surface area contributed by atoms with Crippen LogP contribution in [0.3, 0.4) is 0 Å². The van der Waals surface area contributed by atoms with Crippen LogP contribution < -0.4 is 0 Å². The summed E-state index contributed by atoms with van der Waals surface area (Å²) in [4.78, 5) is 12.8. The van der Waals surface area contributed by atoms with E-state index in [4.69, 9.17) is 18.9 Å². The highest BCUT2D eigenvalue weighted by Gasteiger charge is 2.81. The van der Waals surface area contributed by atoms with E-state index in [0.29, 0.717) is 24.4 Å². The standard InChI is InChI=1S/C21H26O5/c1-11-5-4-7-19(2)12(11)9-14-20-10-24-21(18(22)23-3,8-6-13(19)20)16(20)15-17(25-14)26-15/h4-6,8,11-17H,7,9-10H2,1-3H3/t11-,12+,13-,14-,15-,16-,17-,19+,20+,21-/m1/s1. The molecule has 26 heavy (non-hydrogen) atoms. The minimum atomic E-state index is -1.01. The zero-order valence-corrected chi connectivity index (χ0v) is 15.5. The Morgan fingerprint density at radius 3 is 2.92 bits per heavy atom. The second-order valence-corrected chi connectivity index (χ2v) is 9.43. The quantitative estimate of drug-likeness (QED) is 0.409. The van der Waals surface area contributed by atoms with E-state index in [2.05, 4.69) is 32.1 Å². The Labute approximate surface area is 153 Å². The van der Waals surface area contributed by atoms with Crippen molar-refractivity contribution in [3.8, 4) is 0 Å². The summed E-state index contributed by atoms with van der Waals surface area (Å²) >= 11 is 0. The predicted octanol–water partition coefficient (Wildman–Crippen LogP) is 2.46. The highest BCUT2D eigenvalue weighted by molar-refractivity contribution is 5.84. The number of allylic oxidation sites excluding steroid dienone is 3. The average Bonchev–Trinajstić information content (AvgIpc) is 3.36. The summed E-state index contributed by atoms with van der Waals surface area (Å²) < 4.78 is 23.8. The first-order valence-electron chi connectivity index (χ1n) is 9.87. The molecule has 4 fully saturated rings. The highest BCUT2D eigenvalue weighted by Crippen LogP contribution is 2.73. The molecule has 1 spiro atoms. The molecule has 0 aromatic heterocycles. The molecule has 0 aromatic rings. The molecule has 1 saturated carbocycles. The van der Waals surface area contributed by atoms with Crippen LogP contribution in [0.4, 0.5) is 0 Å². The molecule has 0 aromatic carbocycles. The van der Waals surface area contributed by atoms with Gasteiger partial charge in [0.15, 0.2) is 11.9 Å². The number of carbonyl (C=O) groups is 1. The summed E-state index contributed by atoms with van der Waals surface area (Å²) in [5, 5.41) is 0. The molecule has 0 amide bonds. The predicted molar refractivity (Wildman–Crippen MR) is 91.9 cm³/mol. The third-order valence-electron chi connectivity index (χ3n) is 8.59. The van der Waals surface area contributed by atoms with Crippen molar-refractivity contribution in [3.63, 3.8) is 0 Å². The van der Waals surface area contributed by atoms with Crippen molar-refractivity contribution in [1.29, 1.82) is 0 Å². The summed E-state index contributed by atoms with van der Waals surface area (Å²) in [5.74, 6) is 1.11. The minimum absolute atomic E-state index is 0.0137. The topological polar surface area (TPSA) is 57.3 Å².